The van der Waals surface area contributed by atoms with Crippen molar-refractivity contribution < 1.29 is 0 Å². The van der Waals surface area contributed by atoms with E-state index < -0.39 is 0 Å². The van der Waals surface area contributed by atoms with Crippen LogP contribution in [0.25, 0.3) is 11.3 Å². The van der Waals surface area contributed by atoms with Gasteiger partial charge in [-0.05, 0) is 31.6 Å². The molecule has 100 valence electrons. The molecule has 2 N–H and O–H groups in total. The summed E-state index contributed by atoms with van der Waals surface area (Å²) in [6, 6.07) is 10.3. The van der Waals surface area contributed by atoms with Crippen LogP contribution in [0.4, 0.5) is 0 Å². The molecular weight excluding hydrogens is 252 g/mol. The van der Waals surface area contributed by atoms with Crippen LogP contribution in [0.15, 0.2) is 35.7 Å². The van der Waals surface area contributed by atoms with Crippen molar-refractivity contribution >= 4 is 11.3 Å². The second-order valence-corrected chi connectivity index (χ2v) is 6.60. The summed E-state index contributed by atoms with van der Waals surface area (Å²) in [6.45, 7) is 2.32. The third-order valence-corrected chi connectivity index (χ3v) is 5.23. The first-order valence-corrected chi connectivity index (χ1v) is 7.86. The molecule has 0 radical (unpaired) electrons. The molecule has 3 rings (SSSR count). The smallest absolute Gasteiger partial charge is 0.113 e. The lowest BCUT2D eigenvalue weighted by atomic mass is 9.78. The second-order valence-electron chi connectivity index (χ2n) is 5.74. The normalized spacial score (nSPS) is 27.4. The molecule has 1 aliphatic carbocycles. The van der Waals surface area contributed by atoms with Gasteiger partial charge in [0.1, 0.15) is 5.01 Å². The van der Waals surface area contributed by atoms with Crippen LogP contribution in [0.1, 0.15) is 37.6 Å². The van der Waals surface area contributed by atoms with Gasteiger partial charge >= 0.3 is 0 Å². The molecule has 0 spiro atoms. The molecule has 1 saturated carbocycles. The summed E-state index contributed by atoms with van der Waals surface area (Å²) in [4.78, 5) is 4.79. The van der Waals surface area contributed by atoms with E-state index in [9.17, 15) is 0 Å². The van der Waals surface area contributed by atoms with E-state index in [0.717, 1.165) is 29.5 Å². The molecule has 0 atom stereocenters. The third-order valence-electron chi connectivity index (χ3n) is 4.17. The summed E-state index contributed by atoms with van der Waals surface area (Å²) in [6.07, 6.45) is 4.57. The van der Waals surface area contributed by atoms with E-state index in [1.165, 1.54) is 18.4 Å². The maximum Gasteiger partial charge on any atom is 0.113 e. The molecule has 1 aliphatic rings. The second kappa shape index (κ2) is 5.06. The Hall–Kier alpha value is -1.19. The molecule has 2 nitrogen and oxygen atoms in total. The lowest BCUT2D eigenvalue weighted by Crippen LogP contribution is -2.40. The van der Waals surface area contributed by atoms with Crippen LogP contribution in [0.3, 0.4) is 0 Å². The average molecular weight is 272 g/mol. The monoisotopic (exact) mass is 272 g/mol. The summed E-state index contributed by atoms with van der Waals surface area (Å²) < 4.78 is 0. The minimum Gasteiger partial charge on any atom is -0.319 e. The van der Waals surface area contributed by atoms with Crippen molar-refractivity contribution in [1.82, 2.24) is 4.98 Å². The van der Waals surface area contributed by atoms with Crippen LogP contribution in [0, 0.1) is 5.92 Å². The van der Waals surface area contributed by atoms with Gasteiger partial charge in [0.05, 0.1) is 11.2 Å². The van der Waals surface area contributed by atoms with Crippen LogP contribution >= 0.6 is 11.3 Å². The first kappa shape index (κ1) is 12.8. The minimum atomic E-state index is -0.190. The summed E-state index contributed by atoms with van der Waals surface area (Å²) in [5, 5.41) is 3.25. The van der Waals surface area contributed by atoms with Crippen molar-refractivity contribution in [2.45, 2.75) is 38.1 Å². The predicted octanol–water partition coefficient (Wildman–Crippen LogP) is 4.17. The Kier molecular flexibility index (Phi) is 3.42. The molecule has 1 heterocycles. The Labute approximate surface area is 118 Å². The fourth-order valence-electron chi connectivity index (χ4n) is 2.74. The van der Waals surface area contributed by atoms with Gasteiger partial charge in [-0.25, -0.2) is 4.98 Å². The van der Waals surface area contributed by atoms with Crippen LogP contribution in [0.2, 0.25) is 0 Å². The van der Waals surface area contributed by atoms with E-state index in [0.29, 0.717) is 0 Å². The Bertz CT molecular complexity index is 539. The maximum absolute atomic E-state index is 6.58. The van der Waals surface area contributed by atoms with Gasteiger partial charge in [0.25, 0.3) is 0 Å². The highest BCUT2D eigenvalue weighted by Crippen LogP contribution is 2.39. The fourth-order valence-corrected chi connectivity index (χ4v) is 3.74. The van der Waals surface area contributed by atoms with E-state index in [1.54, 1.807) is 11.3 Å². The highest BCUT2D eigenvalue weighted by molar-refractivity contribution is 7.10. The van der Waals surface area contributed by atoms with Crippen molar-refractivity contribution in [1.29, 1.82) is 0 Å². The predicted molar refractivity (Wildman–Crippen MR) is 81.0 cm³/mol. The van der Waals surface area contributed by atoms with E-state index in [-0.39, 0.29) is 5.54 Å². The van der Waals surface area contributed by atoms with Gasteiger partial charge < -0.3 is 5.73 Å². The van der Waals surface area contributed by atoms with Gasteiger partial charge in [0.15, 0.2) is 0 Å². The zero-order chi connectivity index (χ0) is 13.3. The highest BCUT2D eigenvalue weighted by atomic mass is 32.1. The van der Waals surface area contributed by atoms with Crippen LogP contribution in [-0.4, -0.2) is 4.98 Å². The number of nitrogens with two attached hydrogens (primary N) is 1. The van der Waals surface area contributed by atoms with E-state index in [2.05, 4.69) is 36.6 Å². The number of benzene rings is 1. The molecule has 19 heavy (non-hydrogen) atoms. The zero-order valence-corrected chi connectivity index (χ0v) is 12.1. The lowest BCUT2D eigenvalue weighted by molar-refractivity contribution is 0.247. The Morgan fingerprint density at radius 1 is 1.21 bits per heavy atom. The quantitative estimate of drug-likeness (QED) is 0.891. The lowest BCUT2D eigenvalue weighted by Gasteiger charge is -2.34. The van der Waals surface area contributed by atoms with Gasteiger partial charge in [0, 0.05) is 10.9 Å². The first-order chi connectivity index (χ1) is 9.17. The summed E-state index contributed by atoms with van der Waals surface area (Å²) in [5.74, 6) is 0.810. The number of nitrogens with zero attached hydrogens (tertiary/aromatic N) is 1. The largest absolute Gasteiger partial charge is 0.319 e. The molecule has 0 amide bonds. The highest BCUT2D eigenvalue weighted by Gasteiger charge is 2.34. The van der Waals surface area contributed by atoms with Crippen molar-refractivity contribution in [3.05, 3.63) is 40.7 Å². The van der Waals surface area contributed by atoms with Crippen molar-refractivity contribution in [3.8, 4) is 11.3 Å². The van der Waals surface area contributed by atoms with Gasteiger partial charge in [-0.1, -0.05) is 37.3 Å². The Morgan fingerprint density at radius 3 is 2.58 bits per heavy atom. The molecule has 1 aromatic heterocycles. The van der Waals surface area contributed by atoms with E-state index in [4.69, 9.17) is 10.7 Å². The van der Waals surface area contributed by atoms with Crippen molar-refractivity contribution in [2.24, 2.45) is 11.7 Å². The van der Waals surface area contributed by atoms with Gasteiger partial charge in [0.2, 0.25) is 0 Å². The Balaban J connectivity index is 1.85. The average Bonchev–Trinajstić information content (AvgIpc) is 2.94. The van der Waals surface area contributed by atoms with E-state index in [1.807, 2.05) is 6.07 Å². The number of rotatable bonds is 2. The molecule has 0 saturated heterocycles. The number of aromatic nitrogens is 1. The molecular formula is C16H20N2S. The maximum atomic E-state index is 6.58. The summed E-state index contributed by atoms with van der Waals surface area (Å²) in [7, 11) is 0. The molecule has 0 aliphatic heterocycles. The zero-order valence-electron chi connectivity index (χ0n) is 11.3. The summed E-state index contributed by atoms with van der Waals surface area (Å²) >= 11 is 1.71. The number of thiazole rings is 1. The van der Waals surface area contributed by atoms with Crippen LogP contribution in [-0.2, 0) is 5.54 Å². The fraction of sp³-hybridized carbons (Fsp3) is 0.438. The molecule has 2 aromatic rings. The van der Waals surface area contributed by atoms with Crippen molar-refractivity contribution in [2.75, 3.05) is 0 Å². The van der Waals surface area contributed by atoms with Crippen LogP contribution < -0.4 is 5.73 Å². The van der Waals surface area contributed by atoms with Gasteiger partial charge in [-0.3, -0.25) is 0 Å². The Morgan fingerprint density at radius 2 is 1.89 bits per heavy atom. The number of hydrogen-bond donors (Lipinski definition) is 1. The minimum absolute atomic E-state index is 0.190. The molecule has 1 fully saturated rings. The van der Waals surface area contributed by atoms with E-state index >= 15 is 0 Å². The molecule has 0 bridgehead atoms. The SMILES string of the molecule is CC1CCC(N)(c2nc(-c3ccccc3)cs2)CC1. The first-order valence-electron chi connectivity index (χ1n) is 6.98. The molecule has 1 aromatic carbocycles. The molecule has 0 unspecified atom stereocenters. The van der Waals surface area contributed by atoms with Crippen molar-refractivity contribution in [3.63, 3.8) is 0 Å². The van der Waals surface area contributed by atoms with Crippen LogP contribution in [0.5, 0.6) is 0 Å². The third kappa shape index (κ3) is 2.58. The van der Waals surface area contributed by atoms with Gasteiger partial charge in [-0.2, -0.15) is 0 Å². The number of hydrogen-bond acceptors (Lipinski definition) is 3. The van der Waals surface area contributed by atoms with Gasteiger partial charge in [-0.15, -0.1) is 11.3 Å². The molecule has 3 heteroatoms. The standard InChI is InChI=1S/C16H20N2S/c1-12-7-9-16(17,10-8-12)15-18-14(11-19-15)13-5-3-2-4-6-13/h2-6,11-12H,7-10,17H2,1H3. The topological polar surface area (TPSA) is 38.9 Å². The summed E-state index contributed by atoms with van der Waals surface area (Å²) in [5.41, 5.74) is 8.63.